The first-order valence-electron chi connectivity index (χ1n) is 9.99. The van der Waals surface area contributed by atoms with Crippen LogP contribution in [0.1, 0.15) is 69.5 Å². The molecule has 26 heavy (non-hydrogen) atoms. The van der Waals surface area contributed by atoms with Gasteiger partial charge in [0.2, 0.25) is 5.91 Å². The summed E-state index contributed by atoms with van der Waals surface area (Å²) in [5.74, 6) is 0.633. The van der Waals surface area contributed by atoms with Crippen LogP contribution in [-0.4, -0.2) is 15.7 Å². The molecular weight excluding hydrogens is 326 g/mol. The van der Waals surface area contributed by atoms with Gasteiger partial charge in [0.15, 0.2) is 0 Å². The standard InChI is InChI=1S/C21H27N3O2/c25-20(13-15-7-1-2-8-15)22-14-19-17-11-5-6-12-18(17)21(26)24(23-19)16-9-3-4-10-16/h5-6,11-12,15-16H,1-4,7-10,13-14H2,(H,22,25). The third-order valence-corrected chi connectivity index (χ3v) is 5.98. The molecule has 1 amide bonds. The third-order valence-electron chi connectivity index (χ3n) is 5.98. The van der Waals surface area contributed by atoms with Crippen molar-refractivity contribution in [3.63, 3.8) is 0 Å². The Balaban J connectivity index is 1.57. The fourth-order valence-corrected chi connectivity index (χ4v) is 4.53. The number of fused-ring (bicyclic) bond motifs is 1. The molecule has 0 spiro atoms. The lowest BCUT2D eigenvalue weighted by Crippen LogP contribution is -2.30. The Hall–Kier alpha value is -2.17. The zero-order valence-electron chi connectivity index (χ0n) is 15.2. The van der Waals surface area contributed by atoms with Crippen molar-refractivity contribution in [2.75, 3.05) is 0 Å². The van der Waals surface area contributed by atoms with Crippen LogP contribution < -0.4 is 10.9 Å². The van der Waals surface area contributed by atoms with Crippen molar-refractivity contribution in [3.8, 4) is 0 Å². The number of rotatable bonds is 5. The number of carbonyl (C=O) groups is 1. The fraction of sp³-hybridized carbons (Fsp3) is 0.571. The summed E-state index contributed by atoms with van der Waals surface area (Å²) < 4.78 is 1.67. The Kier molecular flexibility index (Phi) is 5.05. The molecule has 0 bridgehead atoms. The lowest BCUT2D eigenvalue weighted by molar-refractivity contribution is -0.122. The molecule has 2 aliphatic carbocycles. The average molecular weight is 353 g/mol. The minimum absolute atomic E-state index is 0.00599. The Morgan fingerprint density at radius 2 is 1.69 bits per heavy atom. The minimum atomic E-state index is -0.00599. The van der Waals surface area contributed by atoms with Crippen LogP contribution in [-0.2, 0) is 11.3 Å². The van der Waals surface area contributed by atoms with Crippen LogP contribution in [0.15, 0.2) is 29.1 Å². The lowest BCUT2D eigenvalue weighted by atomic mass is 10.0. The maximum absolute atomic E-state index is 12.8. The van der Waals surface area contributed by atoms with E-state index in [0.717, 1.165) is 36.8 Å². The molecule has 0 aliphatic heterocycles. The molecule has 4 rings (SSSR count). The summed E-state index contributed by atoms with van der Waals surface area (Å²) in [6, 6.07) is 7.81. The van der Waals surface area contributed by atoms with E-state index in [1.807, 2.05) is 24.3 Å². The number of benzene rings is 1. The second kappa shape index (κ2) is 7.60. The molecule has 0 saturated heterocycles. The molecule has 1 heterocycles. The molecule has 138 valence electrons. The van der Waals surface area contributed by atoms with E-state index in [1.54, 1.807) is 4.68 Å². The largest absolute Gasteiger partial charge is 0.350 e. The molecule has 5 nitrogen and oxygen atoms in total. The van der Waals surface area contributed by atoms with Crippen molar-refractivity contribution < 1.29 is 4.79 Å². The summed E-state index contributed by atoms with van der Waals surface area (Å²) in [6.07, 6.45) is 9.77. The van der Waals surface area contributed by atoms with Crippen LogP contribution in [0.5, 0.6) is 0 Å². The maximum atomic E-state index is 12.8. The Morgan fingerprint density at radius 3 is 2.42 bits per heavy atom. The molecule has 2 aliphatic rings. The van der Waals surface area contributed by atoms with Gasteiger partial charge in [0.1, 0.15) is 0 Å². The Bertz CT molecular complexity index is 846. The van der Waals surface area contributed by atoms with Gasteiger partial charge in [-0.05, 0) is 37.7 Å². The van der Waals surface area contributed by atoms with Gasteiger partial charge in [-0.1, -0.05) is 43.9 Å². The van der Waals surface area contributed by atoms with Crippen LogP contribution >= 0.6 is 0 Å². The van der Waals surface area contributed by atoms with Crippen LogP contribution in [0.25, 0.3) is 10.8 Å². The summed E-state index contributed by atoms with van der Waals surface area (Å²) in [7, 11) is 0. The van der Waals surface area contributed by atoms with Gasteiger partial charge in [-0.25, -0.2) is 4.68 Å². The predicted molar refractivity (Wildman–Crippen MR) is 102 cm³/mol. The molecule has 1 N–H and O–H groups in total. The van der Waals surface area contributed by atoms with Crippen LogP contribution in [0.2, 0.25) is 0 Å². The van der Waals surface area contributed by atoms with E-state index >= 15 is 0 Å². The van der Waals surface area contributed by atoms with Crippen molar-refractivity contribution in [2.45, 2.75) is 70.4 Å². The van der Waals surface area contributed by atoms with E-state index in [4.69, 9.17) is 0 Å². The molecule has 0 unspecified atom stereocenters. The summed E-state index contributed by atoms with van der Waals surface area (Å²) in [6.45, 7) is 0.388. The quantitative estimate of drug-likeness (QED) is 0.891. The van der Waals surface area contributed by atoms with Crippen LogP contribution in [0.3, 0.4) is 0 Å². The van der Waals surface area contributed by atoms with Crippen LogP contribution in [0.4, 0.5) is 0 Å². The predicted octanol–water partition coefficient (Wildman–Crippen LogP) is 3.71. The zero-order chi connectivity index (χ0) is 17.9. The highest BCUT2D eigenvalue weighted by Crippen LogP contribution is 2.29. The van der Waals surface area contributed by atoms with Crippen molar-refractivity contribution in [3.05, 3.63) is 40.3 Å². The van der Waals surface area contributed by atoms with Crippen molar-refractivity contribution in [1.82, 2.24) is 15.1 Å². The second-order valence-corrected chi connectivity index (χ2v) is 7.81. The molecule has 1 aromatic carbocycles. The molecule has 2 saturated carbocycles. The normalized spacial score (nSPS) is 18.6. The van der Waals surface area contributed by atoms with Gasteiger partial charge in [-0.15, -0.1) is 0 Å². The molecule has 1 aromatic heterocycles. The van der Waals surface area contributed by atoms with Gasteiger partial charge in [-0.3, -0.25) is 9.59 Å². The Labute approximate surface area is 153 Å². The second-order valence-electron chi connectivity index (χ2n) is 7.81. The third kappa shape index (κ3) is 3.53. The number of hydrogen-bond acceptors (Lipinski definition) is 3. The molecule has 5 heteroatoms. The highest BCUT2D eigenvalue weighted by molar-refractivity contribution is 5.84. The smallest absolute Gasteiger partial charge is 0.274 e. The monoisotopic (exact) mass is 353 g/mol. The van der Waals surface area contributed by atoms with Gasteiger partial charge in [0.05, 0.1) is 23.7 Å². The summed E-state index contributed by atoms with van der Waals surface area (Å²) in [5.41, 5.74) is 0.792. The average Bonchev–Trinajstić information content (AvgIpc) is 3.35. The molecule has 0 atom stereocenters. The molecule has 2 aromatic rings. The summed E-state index contributed by atoms with van der Waals surface area (Å²) in [5, 5.41) is 9.27. The number of aromatic nitrogens is 2. The number of amides is 1. The van der Waals surface area contributed by atoms with E-state index < -0.39 is 0 Å². The van der Waals surface area contributed by atoms with Gasteiger partial charge >= 0.3 is 0 Å². The number of carbonyl (C=O) groups excluding carboxylic acids is 1. The van der Waals surface area contributed by atoms with Gasteiger partial charge in [-0.2, -0.15) is 5.10 Å². The van der Waals surface area contributed by atoms with E-state index in [1.165, 1.54) is 25.7 Å². The summed E-state index contributed by atoms with van der Waals surface area (Å²) in [4.78, 5) is 25.2. The fourth-order valence-electron chi connectivity index (χ4n) is 4.53. The highest BCUT2D eigenvalue weighted by atomic mass is 16.1. The summed E-state index contributed by atoms with van der Waals surface area (Å²) >= 11 is 0. The molecular formula is C21H27N3O2. The number of nitrogens with one attached hydrogen (secondary N) is 1. The topological polar surface area (TPSA) is 64.0 Å². The van der Waals surface area contributed by atoms with Gasteiger partial charge < -0.3 is 5.32 Å². The SMILES string of the molecule is O=C(CC1CCCC1)NCc1nn(C2CCCC2)c(=O)c2ccccc12. The first kappa shape index (κ1) is 17.3. The zero-order valence-corrected chi connectivity index (χ0v) is 15.2. The minimum Gasteiger partial charge on any atom is -0.350 e. The van der Waals surface area contributed by atoms with Gasteiger partial charge in [0, 0.05) is 11.8 Å². The molecule has 2 fully saturated rings. The van der Waals surface area contributed by atoms with Crippen LogP contribution in [0, 0.1) is 5.92 Å². The van der Waals surface area contributed by atoms with E-state index in [9.17, 15) is 9.59 Å². The number of hydrogen-bond donors (Lipinski definition) is 1. The van der Waals surface area contributed by atoms with E-state index in [-0.39, 0.29) is 17.5 Å². The highest BCUT2D eigenvalue weighted by Gasteiger charge is 2.22. The first-order chi connectivity index (χ1) is 12.7. The first-order valence-corrected chi connectivity index (χ1v) is 9.99. The maximum Gasteiger partial charge on any atom is 0.274 e. The number of nitrogens with zero attached hydrogens (tertiary/aromatic N) is 2. The van der Waals surface area contributed by atoms with Crippen molar-refractivity contribution in [2.24, 2.45) is 5.92 Å². The van der Waals surface area contributed by atoms with Gasteiger partial charge in [0.25, 0.3) is 5.56 Å². The Morgan fingerprint density at radius 1 is 1.04 bits per heavy atom. The van der Waals surface area contributed by atoms with E-state index in [2.05, 4.69) is 10.4 Å². The van der Waals surface area contributed by atoms with Crippen molar-refractivity contribution >= 4 is 16.7 Å². The molecule has 0 radical (unpaired) electrons. The van der Waals surface area contributed by atoms with E-state index in [0.29, 0.717) is 24.3 Å². The lowest BCUT2D eigenvalue weighted by Gasteiger charge is -2.16. The van der Waals surface area contributed by atoms with Crippen molar-refractivity contribution in [1.29, 1.82) is 0 Å².